The summed E-state index contributed by atoms with van der Waals surface area (Å²) in [4.78, 5) is 29.7. The number of hydrogen-bond donors (Lipinski definition) is 2. The number of carbonyl (C=O) groups excluding carboxylic acids is 2. The Morgan fingerprint density at radius 1 is 0.800 bits per heavy atom. The molecule has 1 aliphatic heterocycles. The van der Waals surface area contributed by atoms with Gasteiger partial charge in [-0.1, -0.05) is 30.3 Å². The topological polar surface area (TPSA) is 89.6 Å². The Morgan fingerprint density at radius 3 is 2.47 bits per heavy atom. The lowest BCUT2D eigenvalue weighted by Gasteiger charge is -2.18. The highest BCUT2D eigenvalue weighted by Gasteiger charge is 2.17. The molecule has 0 fully saturated rings. The van der Waals surface area contributed by atoms with Gasteiger partial charge in [0.25, 0.3) is 11.8 Å². The van der Waals surface area contributed by atoms with Crippen LogP contribution in [0.25, 0.3) is 21.7 Å². The number of pyridine rings is 1. The van der Waals surface area contributed by atoms with Gasteiger partial charge in [0, 0.05) is 17.1 Å². The Hall–Kier alpha value is -4.13. The van der Waals surface area contributed by atoms with Gasteiger partial charge in [-0.2, -0.15) is 0 Å². The van der Waals surface area contributed by atoms with Crippen molar-refractivity contribution >= 4 is 33.5 Å². The molecule has 7 heteroatoms. The van der Waals surface area contributed by atoms with Crippen LogP contribution in [0.2, 0.25) is 0 Å². The number of benzene rings is 3. The SMILES string of the molecule is O=C(NNC(=O)c1cc2ccccc2c2cccnc12)c1ccc2c(c1)OCCO2. The first kappa shape index (κ1) is 17.9. The van der Waals surface area contributed by atoms with Crippen LogP contribution in [0.5, 0.6) is 11.5 Å². The van der Waals surface area contributed by atoms with Crippen molar-refractivity contribution in [2.24, 2.45) is 0 Å². The second kappa shape index (κ2) is 7.36. The average molecular weight is 399 g/mol. The summed E-state index contributed by atoms with van der Waals surface area (Å²) in [6.07, 6.45) is 1.64. The van der Waals surface area contributed by atoms with Crippen molar-refractivity contribution in [2.45, 2.75) is 0 Å². The molecule has 148 valence electrons. The number of nitrogens with one attached hydrogen (secondary N) is 2. The first-order valence-electron chi connectivity index (χ1n) is 9.47. The van der Waals surface area contributed by atoms with Crippen molar-refractivity contribution in [1.29, 1.82) is 0 Å². The van der Waals surface area contributed by atoms with E-state index in [9.17, 15) is 9.59 Å². The van der Waals surface area contributed by atoms with Crippen LogP contribution in [0.3, 0.4) is 0 Å². The summed E-state index contributed by atoms with van der Waals surface area (Å²) in [5, 5.41) is 2.80. The predicted molar refractivity (Wildman–Crippen MR) is 112 cm³/mol. The molecule has 4 aromatic rings. The van der Waals surface area contributed by atoms with Gasteiger partial charge in [-0.25, -0.2) is 0 Å². The molecule has 1 aliphatic rings. The number of rotatable bonds is 2. The fourth-order valence-electron chi connectivity index (χ4n) is 3.54. The van der Waals surface area contributed by atoms with E-state index in [-0.39, 0.29) is 0 Å². The summed E-state index contributed by atoms with van der Waals surface area (Å²) < 4.78 is 11.0. The Kier molecular flexibility index (Phi) is 4.40. The third-order valence-corrected chi connectivity index (χ3v) is 4.95. The molecule has 7 nitrogen and oxygen atoms in total. The smallest absolute Gasteiger partial charge is 0.271 e. The highest BCUT2D eigenvalue weighted by molar-refractivity contribution is 6.16. The van der Waals surface area contributed by atoms with Gasteiger partial charge in [0.15, 0.2) is 11.5 Å². The fraction of sp³-hybridized carbons (Fsp3) is 0.0870. The first-order valence-corrected chi connectivity index (χ1v) is 9.47. The van der Waals surface area contributed by atoms with Crippen LogP contribution < -0.4 is 20.3 Å². The quantitative estimate of drug-likeness (QED) is 0.399. The van der Waals surface area contributed by atoms with E-state index in [1.165, 1.54) is 0 Å². The highest BCUT2D eigenvalue weighted by Crippen LogP contribution is 2.31. The lowest BCUT2D eigenvalue weighted by atomic mass is 10.0. The maximum atomic E-state index is 12.9. The highest BCUT2D eigenvalue weighted by atomic mass is 16.6. The van der Waals surface area contributed by atoms with Crippen molar-refractivity contribution in [2.75, 3.05) is 13.2 Å². The molecule has 0 aliphatic carbocycles. The number of amides is 2. The van der Waals surface area contributed by atoms with Gasteiger partial charge in [0.2, 0.25) is 0 Å². The summed E-state index contributed by atoms with van der Waals surface area (Å²) in [6.45, 7) is 0.902. The number of aromatic nitrogens is 1. The molecule has 0 unspecified atom stereocenters. The maximum Gasteiger partial charge on any atom is 0.271 e. The molecule has 2 heterocycles. The second-order valence-corrected chi connectivity index (χ2v) is 6.81. The van der Waals surface area contributed by atoms with Crippen molar-refractivity contribution in [3.63, 3.8) is 0 Å². The molecule has 0 saturated heterocycles. The molecule has 0 saturated carbocycles. The Bertz CT molecular complexity index is 1300. The molecular weight excluding hydrogens is 382 g/mol. The zero-order valence-corrected chi connectivity index (χ0v) is 15.8. The molecule has 0 bridgehead atoms. The number of hydrogen-bond acceptors (Lipinski definition) is 5. The number of fused-ring (bicyclic) bond motifs is 4. The van der Waals surface area contributed by atoms with Crippen molar-refractivity contribution < 1.29 is 19.1 Å². The molecule has 3 aromatic carbocycles. The summed E-state index contributed by atoms with van der Waals surface area (Å²) in [6, 6.07) is 18.2. The van der Waals surface area contributed by atoms with E-state index in [4.69, 9.17) is 9.47 Å². The molecule has 0 atom stereocenters. The summed E-state index contributed by atoms with van der Waals surface area (Å²) in [5.41, 5.74) is 6.24. The summed E-state index contributed by atoms with van der Waals surface area (Å²) >= 11 is 0. The zero-order valence-electron chi connectivity index (χ0n) is 15.8. The number of ether oxygens (including phenoxy) is 2. The zero-order chi connectivity index (χ0) is 20.5. The predicted octanol–water partition coefficient (Wildman–Crippen LogP) is 3.23. The largest absolute Gasteiger partial charge is 0.486 e. The van der Waals surface area contributed by atoms with Crippen LogP contribution >= 0.6 is 0 Å². The third kappa shape index (κ3) is 3.16. The van der Waals surface area contributed by atoms with E-state index in [1.807, 2.05) is 36.4 Å². The van der Waals surface area contributed by atoms with E-state index in [2.05, 4.69) is 15.8 Å². The minimum absolute atomic E-state index is 0.348. The van der Waals surface area contributed by atoms with Gasteiger partial charge in [-0.15, -0.1) is 0 Å². The van der Waals surface area contributed by atoms with Gasteiger partial charge >= 0.3 is 0 Å². The normalized spacial score (nSPS) is 12.5. The average Bonchev–Trinajstić information content (AvgIpc) is 2.81. The number of hydrazine groups is 1. The Balaban J connectivity index is 1.40. The van der Waals surface area contributed by atoms with Crippen molar-refractivity contribution in [1.82, 2.24) is 15.8 Å². The Morgan fingerprint density at radius 2 is 1.57 bits per heavy atom. The standard InChI is InChI=1S/C23H17N3O4/c27-22(15-7-8-19-20(13-15)30-11-10-29-19)25-26-23(28)18-12-14-4-1-2-5-16(14)17-6-3-9-24-21(17)18/h1-9,12-13H,10-11H2,(H,25,27)(H,26,28). The van der Waals surface area contributed by atoms with Crippen molar-refractivity contribution in [3.8, 4) is 11.5 Å². The van der Waals surface area contributed by atoms with E-state index in [0.29, 0.717) is 41.4 Å². The molecule has 2 N–H and O–H groups in total. The van der Waals surface area contributed by atoms with Gasteiger partial charge in [0.1, 0.15) is 13.2 Å². The fourth-order valence-corrected chi connectivity index (χ4v) is 3.54. The van der Waals surface area contributed by atoms with Gasteiger partial charge in [0.05, 0.1) is 11.1 Å². The van der Waals surface area contributed by atoms with Crippen LogP contribution in [-0.4, -0.2) is 30.0 Å². The summed E-state index contributed by atoms with van der Waals surface area (Å²) in [5.74, 6) is 0.189. The molecule has 5 rings (SSSR count). The van der Waals surface area contributed by atoms with E-state index in [0.717, 1.165) is 16.2 Å². The van der Waals surface area contributed by atoms with Crippen LogP contribution in [0, 0.1) is 0 Å². The maximum absolute atomic E-state index is 12.9. The van der Waals surface area contributed by atoms with Crippen LogP contribution in [-0.2, 0) is 0 Å². The number of carbonyl (C=O) groups is 2. The monoisotopic (exact) mass is 399 g/mol. The minimum atomic E-state index is -0.460. The summed E-state index contributed by atoms with van der Waals surface area (Å²) in [7, 11) is 0. The molecule has 0 spiro atoms. The van der Waals surface area contributed by atoms with Crippen LogP contribution in [0.15, 0.2) is 66.9 Å². The third-order valence-electron chi connectivity index (χ3n) is 4.95. The van der Waals surface area contributed by atoms with E-state index >= 15 is 0 Å². The first-order chi connectivity index (χ1) is 14.7. The molecule has 30 heavy (non-hydrogen) atoms. The molecular formula is C23H17N3O4. The van der Waals surface area contributed by atoms with Gasteiger partial charge in [-0.3, -0.25) is 25.4 Å². The molecule has 1 aromatic heterocycles. The van der Waals surface area contributed by atoms with E-state index < -0.39 is 11.8 Å². The van der Waals surface area contributed by atoms with Crippen LogP contribution in [0.4, 0.5) is 0 Å². The van der Waals surface area contributed by atoms with Gasteiger partial charge in [-0.05, 0) is 41.1 Å². The lowest BCUT2D eigenvalue weighted by Crippen LogP contribution is -2.41. The van der Waals surface area contributed by atoms with Crippen molar-refractivity contribution in [3.05, 3.63) is 78.0 Å². The van der Waals surface area contributed by atoms with Gasteiger partial charge < -0.3 is 9.47 Å². The minimum Gasteiger partial charge on any atom is -0.486 e. The second-order valence-electron chi connectivity index (χ2n) is 6.81. The Labute approximate surface area is 171 Å². The number of nitrogens with zero attached hydrogens (tertiary/aromatic N) is 1. The van der Waals surface area contributed by atoms with Crippen LogP contribution in [0.1, 0.15) is 20.7 Å². The molecule has 2 amide bonds. The van der Waals surface area contributed by atoms with E-state index in [1.54, 1.807) is 30.5 Å². The lowest BCUT2D eigenvalue weighted by molar-refractivity contribution is 0.0847. The molecule has 0 radical (unpaired) electrons.